The average Bonchev–Trinajstić information content (AvgIpc) is 3.11. The molecule has 184 valence electrons. The second kappa shape index (κ2) is 11.6. The zero-order valence-corrected chi connectivity index (χ0v) is 21.3. The zero-order valence-electron chi connectivity index (χ0n) is 18.9. The standard InChI is InChI=1S/C27H21Cl2NO5S/c28-21-13-19(14-22(29)24(21)35-16-18-8-10-20(11-9-18)26(32)33)15-23-25(31)30(27(34)36-23)12-4-7-17-5-2-1-3-6-17/h1-3,5-6,8-11,13-15H,4,7,12,16H2,(H,32,33)/b23-15+. The number of aromatic carboxylic acids is 1. The molecule has 0 saturated carbocycles. The number of carbonyl (C=O) groups excluding carboxylic acids is 2. The number of amides is 2. The second-order valence-corrected chi connectivity index (χ2v) is 9.83. The molecule has 36 heavy (non-hydrogen) atoms. The van der Waals surface area contributed by atoms with Gasteiger partial charge in [-0.1, -0.05) is 65.7 Å². The Morgan fingerprint density at radius 3 is 2.28 bits per heavy atom. The van der Waals surface area contributed by atoms with Gasteiger partial charge < -0.3 is 9.84 Å². The molecule has 3 aromatic carbocycles. The van der Waals surface area contributed by atoms with E-state index in [2.05, 4.69) is 0 Å². The topological polar surface area (TPSA) is 83.9 Å². The van der Waals surface area contributed by atoms with Crippen LogP contribution in [-0.4, -0.2) is 33.7 Å². The largest absolute Gasteiger partial charge is 0.486 e. The molecule has 1 aliphatic rings. The number of carboxylic acid groups (broad SMARTS) is 1. The molecule has 9 heteroatoms. The van der Waals surface area contributed by atoms with Crippen LogP contribution < -0.4 is 4.74 Å². The summed E-state index contributed by atoms with van der Waals surface area (Å²) in [6.45, 7) is 0.485. The van der Waals surface area contributed by atoms with Crippen LogP contribution in [0.1, 0.15) is 33.5 Å². The number of aryl methyl sites for hydroxylation is 1. The van der Waals surface area contributed by atoms with E-state index in [0.29, 0.717) is 23.4 Å². The summed E-state index contributed by atoms with van der Waals surface area (Å²) in [4.78, 5) is 37.8. The van der Waals surface area contributed by atoms with Crippen molar-refractivity contribution in [2.24, 2.45) is 0 Å². The number of hydrogen-bond donors (Lipinski definition) is 1. The number of hydrogen-bond acceptors (Lipinski definition) is 5. The number of nitrogens with zero attached hydrogens (tertiary/aromatic N) is 1. The van der Waals surface area contributed by atoms with Crippen LogP contribution in [0, 0.1) is 0 Å². The fourth-order valence-electron chi connectivity index (χ4n) is 3.63. The van der Waals surface area contributed by atoms with Crippen molar-refractivity contribution in [3.63, 3.8) is 0 Å². The Labute approximate surface area is 222 Å². The van der Waals surface area contributed by atoms with Crippen LogP contribution in [0.25, 0.3) is 6.08 Å². The lowest BCUT2D eigenvalue weighted by molar-refractivity contribution is -0.122. The smallest absolute Gasteiger partial charge is 0.335 e. The van der Waals surface area contributed by atoms with Crippen LogP contribution >= 0.6 is 35.0 Å². The van der Waals surface area contributed by atoms with Crippen molar-refractivity contribution in [3.05, 3.63) is 104 Å². The zero-order chi connectivity index (χ0) is 25.7. The lowest BCUT2D eigenvalue weighted by Gasteiger charge is -2.12. The number of carbonyl (C=O) groups is 3. The number of imide groups is 1. The highest BCUT2D eigenvalue weighted by Crippen LogP contribution is 2.38. The average molecular weight is 542 g/mol. The molecule has 0 unspecified atom stereocenters. The van der Waals surface area contributed by atoms with Gasteiger partial charge in [0.2, 0.25) is 0 Å². The molecule has 0 spiro atoms. The van der Waals surface area contributed by atoms with E-state index >= 15 is 0 Å². The van der Waals surface area contributed by atoms with Gasteiger partial charge in [0, 0.05) is 6.54 Å². The third-order valence-electron chi connectivity index (χ3n) is 5.47. The van der Waals surface area contributed by atoms with Gasteiger partial charge in [-0.15, -0.1) is 0 Å². The Balaban J connectivity index is 1.40. The maximum atomic E-state index is 12.8. The van der Waals surface area contributed by atoms with Crippen molar-refractivity contribution < 1.29 is 24.2 Å². The monoisotopic (exact) mass is 541 g/mol. The Bertz CT molecular complexity index is 1300. The van der Waals surface area contributed by atoms with Crippen LogP contribution in [0.15, 0.2) is 71.6 Å². The van der Waals surface area contributed by atoms with Gasteiger partial charge in [-0.25, -0.2) is 4.79 Å². The maximum absolute atomic E-state index is 12.8. The summed E-state index contributed by atoms with van der Waals surface area (Å²) in [5.74, 6) is -1.07. The molecule has 0 radical (unpaired) electrons. The molecule has 1 fully saturated rings. The summed E-state index contributed by atoms with van der Waals surface area (Å²) in [7, 11) is 0. The summed E-state index contributed by atoms with van der Waals surface area (Å²) in [5.41, 5.74) is 2.65. The van der Waals surface area contributed by atoms with E-state index in [9.17, 15) is 14.4 Å². The number of benzene rings is 3. The quantitative estimate of drug-likeness (QED) is 0.295. The minimum atomic E-state index is -1.01. The first-order chi connectivity index (χ1) is 17.3. The van der Waals surface area contributed by atoms with Gasteiger partial charge in [0.05, 0.1) is 20.5 Å². The summed E-state index contributed by atoms with van der Waals surface area (Å²) < 4.78 is 5.75. The maximum Gasteiger partial charge on any atom is 0.335 e. The molecule has 1 aliphatic heterocycles. The van der Waals surface area contributed by atoms with Crippen molar-refractivity contribution in [2.75, 3.05) is 6.54 Å². The first-order valence-electron chi connectivity index (χ1n) is 11.0. The summed E-state index contributed by atoms with van der Waals surface area (Å²) in [6, 6.07) is 19.4. The Morgan fingerprint density at radius 2 is 1.64 bits per heavy atom. The lowest BCUT2D eigenvalue weighted by Crippen LogP contribution is -2.29. The van der Waals surface area contributed by atoms with Crippen molar-refractivity contribution in [2.45, 2.75) is 19.4 Å². The first kappa shape index (κ1) is 25.8. The molecular weight excluding hydrogens is 521 g/mol. The predicted octanol–water partition coefficient (Wildman–Crippen LogP) is 6.94. The highest BCUT2D eigenvalue weighted by Gasteiger charge is 2.34. The number of thioether (sulfide) groups is 1. The summed E-state index contributed by atoms with van der Waals surface area (Å²) in [6.07, 6.45) is 3.05. The van der Waals surface area contributed by atoms with Gasteiger partial charge in [-0.05, 0) is 71.6 Å². The van der Waals surface area contributed by atoms with Crippen LogP contribution in [0.3, 0.4) is 0 Å². The number of ether oxygens (including phenoxy) is 1. The number of carboxylic acids is 1. The minimum absolute atomic E-state index is 0.139. The van der Waals surface area contributed by atoms with Gasteiger partial charge >= 0.3 is 5.97 Å². The Morgan fingerprint density at radius 1 is 0.972 bits per heavy atom. The third-order valence-corrected chi connectivity index (χ3v) is 6.93. The molecule has 4 rings (SSSR count). The third kappa shape index (κ3) is 6.29. The molecule has 2 amide bonds. The summed E-state index contributed by atoms with van der Waals surface area (Å²) in [5, 5.41) is 9.19. The molecule has 3 aromatic rings. The first-order valence-corrected chi connectivity index (χ1v) is 12.6. The second-order valence-electron chi connectivity index (χ2n) is 8.03. The highest BCUT2D eigenvalue weighted by molar-refractivity contribution is 8.18. The van der Waals surface area contributed by atoms with Crippen LogP contribution in [0.5, 0.6) is 5.75 Å². The lowest BCUT2D eigenvalue weighted by atomic mass is 10.1. The SMILES string of the molecule is O=C(O)c1ccc(COc2c(Cl)cc(/C=C3/SC(=O)N(CCCc4ccccc4)C3=O)cc2Cl)cc1. The van der Waals surface area contributed by atoms with Crippen LogP contribution in [0.4, 0.5) is 4.79 Å². The molecule has 0 bridgehead atoms. The molecule has 1 saturated heterocycles. The number of rotatable bonds is 9. The van der Waals surface area contributed by atoms with Gasteiger partial charge in [-0.2, -0.15) is 0 Å². The Kier molecular flexibility index (Phi) is 8.36. The normalized spacial score (nSPS) is 14.5. The highest BCUT2D eigenvalue weighted by atomic mass is 35.5. The molecule has 1 heterocycles. The van der Waals surface area contributed by atoms with Gasteiger partial charge in [-0.3, -0.25) is 14.5 Å². The minimum Gasteiger partial charge on any atom is -0.486 e. The van der Waals surface area contributed by atoms with E-state index in [-0.39, 0.29) is 39.1 Å². The molecular formula is C27H21Cl2NO5S. The molecule has 0 aliphatic carbocycles. The van der Waals surface area contributed by atoms with E-state index in [1.165, 1.54) is 17.0 Å². The van der Waals surface area contributed by atoms with Gasteiger partial charge in [0.15, 0.2) is 5.75 Å². The van der Waals surface area contributed by atoms with Crippen molar-refractivity contribution in [1.29, 1.82) is 0 Å². The van der Waals surface area contributed by atoms with E-state index in [1.54, 1.807) is 30.3 Å². The van der Waals surface area contributed by atoms with Crippen molar-refractivity contribution in [3.8, 4) is 5.75 Å². The Hall–Kier alpha value is -3.26. The van der Waals surface area contributed by atoms with Crippen LogP contribution in [0.2, 0.25) is 10.0 Å². The molecule has 0 aromatic heterocycles. The van der Waals surface area contributed by atoms with E-state index in [4.69, 9.17) is 33.0 Å². The molecule has 0 atom stereocenters. The molecule has 6 nitrogen and oxygen atoms in total. The van der Waals surface area contributed by atoms with Gasteiger partial charge in [0.25, 0.3) is 11.1 Å². The van der Waals surface area contributed by atoms with Crippen molar-refractivity contribution >= 4 is 58.2 Å². The fourth-order valence-corrected chi connectivity index (χ4v) is 5.11. The van der Waals surface area contributed by atoms with E-state index in [1.807, 2.05) is 30.3 Å². The fraction of sp³-hybridized carbons (Fsp3) is 0.148. The van der Waals surface area contributed by atoms with Crippen molar-refractivity contribution in [1.82, 2.24) is 4.90 Å². The summed E-state index contributed by atoms with van der Waals surface area (Å²) >= 11 is 13.7. The van der Waals surface area contributed by atoms with Crippen LogP contribution in [-0.2, 0) is 17.8 Å². The van der Waals surface area contributed by atoms with Gasteiger partial charge in [0.1, 0.15) is 6.61 Å². The number of halogens is 2. The predicted molar refractivity (Wildman–Crippen MR) is 142 cm³/mol. The van der Waals surface area contributed by atoms with E-state index in [0.717, 1.165) is 29.3 Å². The van der Waals surface area contributed by atoms with E-state index < -0.39 is 5.97 Å². The molecule has 1 N–H and O–H groups in total.